The lowest BCUT2D eigenvalue weighted by Crippen LogP contribution is -2.48. The molecular weight excluding hydrogens is 290 g/mol. The number of carbonyl (C=O) groups is 1. The van der Waals surface area contributed by atoms with Crippen molar-refractivity contribution < 1.29 is 13.2 Å². The summed E-state index contributed by atoms with van der Waals surface area (Å²) in [5.41, 5.74) is 0. The molecule has 120 valence electrons. The molecule has 3 unspecified atom stereocenters. The van der Waals surface area contributed by atoms with E-state index < -0.39 is 9.84 Å². The molecule has 1 amide bonds. The minimum atomic E-state index is -2.97. The smallest absolute Gasteiger partial charge is 0.224 e. The lowest BCUT2D eigenvalue weighted by Gasteiger charge is -2.29. The molecule has 3 rings (SSSR count). The zero-order valence-electron chi connectivity index (χ0n) is 12.6. The lowest BCUT2D eigenvalue weighted by atomic mass is 10.1. The summed E-state index contributed by atoms with van der Waals surface area (Å²) in [6, 6.07) is 0.875. The molecule has 21 heavy (non-hydrogen) atoms. The number of likely N-dealkylation sites (N-methyl/N-ethyl adjacent to an activating group) is 1. The van der Waals surface area contributed by atoms with E-state index in [2.05, 4.69) is 17.3 Å². The summed E-state index contributed by atoms with van der Waals surface area (Å²) in [6.45, 7) is 2.07. The Bertz CT molecular complexity index is 508. The minimum Gasteiger partial charge on any atom is -0.341 e. The zero-order valence-corrected chi connectivity index (χ0v) is 13.4. The van der Waals surface area contributed by atoms with Crippen LogP contribution in [0.15, 0.2) is 0 Å². The average Bonchev–Trinajstić information content (AvgIpc) is 2.61. The van der Waals surface area contributed by atoms with Gasteiger partial charge in [-0.15, -0.1) is 0 Å². The monoisotopic (exact) mass is 315 g/mol. The van der Waals surface area contributed by atoms with Crippen LogP contribution >= 0.6 is 0 Å². The first kappa shape index (κ1) is 15.2. The van der Waals surface area contributed by atoms with E-state index in [0.717, 1.165) is 19.5 Å². The van der Waals surface area contributed by atoms with Gasteiger partial charge in [0.15, 0.2) is 9.84 Å². The normalized spacial score (nSPS) is 36.4. The van der Waals surface area contributed by atoms with Gasteiger partial charge in [0.1, 0.15) is 0 Å². The number of nitrogens with one attached hydrogen (secondary N) is 1. The fourth-order valence-electron chi connectivity index (χ4n) is 3.87. The first-order valence-electron chi connectivity index (χ1n) is 7.88. The van der Waals surface area contributed by atoms with Crippen LogP contribution in [0.2, 0.25) is 0 Å². The van der Waals surface area contributed by atoms with Crippen molar-refractivity contribution in [3.05, 3.63) is 0 Å². The molecule has 3 fully saturated rings. The van der Waals surface area contributed by atoms with Crippen molar-refractivity contribution in [3.63, 3.8) is 0 Å². The number of hydrogen-bond donors (Lipinski definition) is 1. The third kappa shape index (κ3) is 3.40. The van der Waals surface area contributed by atoms with Crippen LogP contribution in [0.5, 0.6) is 0 Å². The van der Waals surface area contributed by atoms with E-state index >= 15 is 0 Å². The summed E-state index contributed by atoms with van der Waals surface area (Å²) in [7, 11) is -0.816. The highest BCUT2D eigenvalue weighted by Gasteiger charge is 2.36. The molecular formula is C14H25N3O3S. The maximum absolute atomic E-state index is 12.5. The van der Waals surface area contributed by atoms with E-state index in [4.69, 9.17) is 0 Å². The van der Waals surface area contributed by atoms with Crippen LogP contribution in [0.25, 0.3) is 0 Å². The molecule has 7 heteroatoms. The van der Waals surface area contributed by atoms with Crippen molar-refractivity contribution in [2.45, 2.75) is 43.8 Å². The van der Waals surface area contributed by atoms with E-state index in [-0.39, 0.29) is 23.5 Å². The van der Waals surface area contributed by atoms with Crippen molar-refractivity contribution in [2.75, 3.05) is 38.2 Å². The number of carbonyl (C=O) groups excluding carboxylic acids is 1. The van der Waals surface area contributed by atoms with Crippen LogP contribution < -0.4 is 5.32 Å². The van der Waals surface area contributed by atoms with Gasteiger partial charge in [-0.3, -0.25) is 9.69 Å². The van der Waals surface area contributed by atoms with E-state index in [1.54, 1.807) is 0 Å². The molecule has 0 aromatic rings. The van der Waals surface area contributed by atoms with E-state index in [9.17, 15) is 13.2 Å². The molecule has 0 aromatic carbocycles. The Balaban J connectivity index is 1.58. The summed E-state index contributed by atoms with van der Waals surface area (Å²) >= 11 is 0. The Hall–Kier alpha value is -0.660. The maximum atomic E-state index is 12.5. The van der Waals surface area contributed by atoms with Crippen LogP contribution in [0.4, 0.5) is 0 Å². The van der Waals surface area contributed by atoms with Crippen molar-refractivity contribution in [1.29, 1.82) is 0 Å². The molecule has 3 aliphatic heterocycles. The highest BCUT2D eigenvalue weighted by molar-refractivity contribution is 7.91. The molecule has 1 N–H and O–H groups in total. The van der Waals surface area contributed by atoms with Gasteiger partial charge < -0.3 is 10.2 Å². The lowest BCUT2D eigenvalue weighted by molar-refractivity contribution is -0.132. The van der Waals surface area contributed by atoms with Gasteiger partial charge in [0.2, 0.25) is 5.91 Å². The Labute approximate surface area is 126 Å². The highest BCUT2D eigenvalue weighted by Crippen LogP contribution is 2.28. The largest absolute Gasteiger partial charge is 0.341 e. The van der Waals surface area contributed by atoms with Crippen LogP contribution in [0, 0.1) is 0 Å². The Kier molecular flexibility index (Phi) is 4.25. The summed E-state index contributed by atoms with van der Waals surface area (Å²) in [5, 5.41) is 3.17. The van der Waals surface area contributed by atoms with Gasteiger partial charge in [0.05, 0.1) is 11.5 Å². The summed E-state index contributed by atoms with van der Waals surface area (Å²) in [4.78, 5) is 16.8. The fourth-order valence-corrected chi connectivity index (χ4v) is 5.32. The molecule has 3 atom stereocenters. The summed E-state index contributed by atoms with van der Waals surface area (Å²) < 4.78 is 23.3. The topological polar surface area (TPSA) is 69.7 Å². The number of hydrogen-bond acceptors (Lipinski definition) is 5. The van der Waals surface area contributed by atoms with Crippen LogP contribution in [0.3, 0.4) is 0 Å². The van der Waals surface area contributed by atoms with Crippen molar-refractivity contribution in [2.24, 2.45) is 0 Å². The van der Waals surface area contributed by atoms with E-state index in [0.29, 0.717) is 25.0 Å². The number of fused-ring (bicyclic) bond motifs is 2. The standard InChI is InChI=1S/C14H25N3O3S/c1-16-12-2-3-13(16)9-17(6-4-12)14(18)8-11-10-21(19,20)7-5-15-11/h11-13,15H,2-10H2,1H3. The second-order valence-electron chi connectivity index (χ2n) is 6.65. The first-order valence-corrected chi connectivity index (χ1v) is 9.70. The number of nitrogens with zero attached hydrogens (tertiary/aromatic N) is 2. The Morgan fingerprint density at radius 1 is 1.24 bits per heavy atom. The van der Waals surface area contributed by atoms with E-state index in [1.165, 1.54) is 12.8 Å². The molecule has 0 aliphatic carbocycles. The third-order valence-electron chi connectivity index (χ3n) is 5.22. The molecule has 3 aliphatic rings. The highest BCUT2D eigenvalue weighted by atomic mass is 32.2. The van der Waals surface area contributed by atoms with Gasteiger partial charge in [-0.1, -0.05) is 0 Å². The molecule has 0 saturated carbocycles. The predicted octanol–water partition coefficient (Wildman–Crippen LogP) is -0.542. The SMILES string of the molecule is CN1C2CCC1CN(C(=O)CC1CS(=O)(=O)CCN1)CC2. The quantitative estimate of drug-likeness (QED) is 0.741. The van der Waals surface area contributed by atoms with Gasteiger partial charge in [-0.25, -0.2) is 8.42 Å². The number of amides is 1. The fraction of sp³-hybridized carbons (Fsp3) is 0.929. The second-order valence-corrected chi connectivity index (χ2v) is 8.88. The Morgan fingerprint density at radius 2 is 2.00 bits per heavy atom. The van der Waals surface area contributed by atoms with Gasteiger partial charge in [0.25, 0.3) is 0 Å². The van der Waals surface area contributed by atoms with Gasteiger partial charge in [-0.05, 0) is 26.3 Å². The maximum Gasteiger partial charge on any atom is 0.224 e. The summed E-state index contributed by atoms with van der Waals surface area (Å²) in [6.07, 6.45) is 3.75. The molecule has 0 radical (unpaired) electrons. The molecule has 0 aromatic heterocycles. The van der Waals surface area contributed by atoms with Crippen LogP contribution in [-0.4, -0.2) is 80.4 Å². The van der Waals surface area contributed by atoms with Crippen molar-refractivity contribution >= 4 is 15.7 Å². The number of rotatable bonds is 2. The summed E-state index contributed by atoms with van der Waals surface area (Å²) in [5.74, 6) is 0.389. The molecule has 3 heterocycles. The zero-order chi connectivity index (χ0) is 15.0. The number of likely N-dealkylation sites (tertiary alicyclic amines) is 1. The van der Waals surface area contributed by atoms with E-state index in [1.807, 2.05) is 4.90 Å². The molecule has 2 bridgehead atoms. The van der Waals surface area contributed by atoms with Crippen molar-refractivity contribution in [1.82, 2.24) is 15.1 Å². The Morgan fingerprint density at radius 3 is 2.76 bits per heavy atom. The number of sulfone groups is 1. The third-order valence-corrected chi connectivity index (χ3v) is 6.96. The predicted molar refractivity (Wildman–Crippen MR) is 80.8 cm³/mol. The van der Waals surface area contributed by atoms with Gasteiger partial charge in [-0.2, -0.15) is 0 Å². The minimum absolute atomic E-state index is 0.0958. The van der Waals surface area contributed by atoms with Gasteiger partial charge in [0, 0.05) is 44.2 Å². The van der Waals surface area contributed by atoms with Gasteiger partial charge >= 0.3 is 0 Å². The molecule has 6 nitrogen and oxygen atoms in total. The van der Waals surface area contributed by atoms with Crippen LogP contribution in [0.1, 0.15) is 25.7 Å². The molecule has 3 saturated heterocycles. The first-order chi connectivity index (χ1) is 9.94. The van der Waals surface area contributed by atoms with Crippen molar-refractivity contribution in [3.8, 4) is 0 Å². The average molecular weight is 315 g/mol. The van der Waals surface area contributed by atoms with Crippen LogP contribution in [-0.2, 0) is 14.6 Å². The molecule has 0 spiro atoms. The second kappa shape index (κ2) is 5.85.